The zero-order valence-electron chi connectivity index (χ0n) is 11.9. The number of hydrogen-bond acceptors (Lipinski definition) is 4. The molecule has 2 fully saturated rings. The van der Waals surface area contributed by atoms with E-state index >= 15 is 0 Å². The minimum absolute atomic E-state index is 0.00451. The van der Waals surface area contributed by atoms with Crippen LogP contribution in [0, 0.1) is 0 Å². The van der Waals surface area contributed by atoms with Gasteiger partial charge in [0.15, 0.2) is 0 Å². The maximum atomic E-state index is 12.6. The van der Waals surface area contributed by atoms with Gasteiger partial charge in [0.1, 0.15) is 5.75 Å². The van der Waals surface area contributed by atoms with Gasteiger partial charge in [0.2, 0.25) is 0 Å². The minimum atomic E-state index is 0.00451. The van der Waals surface area contributed by atoms with Crippen molar-refractivity contribution in [1.82, 2.24) is 14.5 Å². The molecule has 2 aromatic rings. The Hall–Kier alpha value is -1.88. The molecule has 5 heteroatoms. The van der Waals surface area contributed by atoms with Crippen molar-refractivity contribution in [3.63, 3.8) is 0 Å². The maximum Gasteiger partial charge on any atom is 0.261 e. The number of fused-ring (bicyclic) bond motifs is 1. The van der Waals surface area contributed by atoms with Crippen LogP contribution in [-0.2, 0) is 0 Å². The third kappa shape index (κ3) is 2.31. The minimum Gasteiger partial charge on any atom is -0.508 e. The van der Waals surface area contributed by atoms with Crippen molar-refractivity contribution in [3.05, 3.63) is 34.9 Å². The first-order valence-electron chi connectivity index (χ1n) is 7.66. The van der Waals surface area contributed by atoms with Gasteiger partial charge in [-0.15, -0.1) is 0 Å². The second-order valence-electron chi connectivity index (χ2n) is 6.16. The van der Waals surface area contributed by atoms with E-state index in [9.17, 15) is 9.90 Å². The predicted molar refractivity (Wildman–Crippen MR) is 80.5 cm³/mol. The van der Waals surface area contributed by atoms with Gasteiger partial charge in [-0.05, 0) is 37.8 Å². The van der Waals surface area contributed by atoms with Crippen LogP contribution in [-0.4, -0.2) is 38.7 Å². The fraction of sp³-hybridized carbons (Fsp3) is 0.500. The van der Waals surface area contributed by atoms with E-state index in [0.29, 0.717) is 10.9 Å². The van der Waals surface area contributed by atoms with Crippen LogP contribution < -0.4 is 5.56 Å². The normalized spacial score (nSPS) is 21.0. The van der Waals surface area contributed by atoms with Crippen LogP contribution in [0.4, 0.5) is 0 Å². The largest absolute Gasteiger partial charge is 0.508 e. The number of nitrogens with zero attached hydrogens (tertiary/aromatic N) is 3. The lowest BCUT2D eigenvalue weighted by atomic mass is 10.0. The third-order valence-corrected chi connectivity index (χ3v) is 4.72. The topological polar surface area (TPSA) is 58.4 Å². The Morgan fingerprint density at radius 3 is 2.57 bits per heavy atom. The lowest BCUT2D eigenvalue weighted by Crippen LogP contribution is -2.38. The molecule has 1 aliphatic heterocycles. The number of likely N-dealkylation sites (tertiary alicyclic amines) is 1. The van der Waals surface area contributed by atoms with Crippen LogP contribution in [0.2, 0.25) is 0 Å². The summed E-state index contributed by atoms with van der Waals surface area (Å²) in [7, 11) is 0. The summed E-state index contributed by atoms with van der Waals surface area (Å²) in [5.41, 5.74) is 0.566. The Labute approximate surface area is 122 Å². The lowest BCUT2D eigenvalue weighted by Gasteiger charge is -2.32. The predicted octanol–water partition coefficient (Wildman–Crippen LogP) is 1.90. The molecular weight excluding hydrogens is 266 g/mol. The van der Waals surface area contributed by atoms with Gasteiger partial charge in [-0.25, -0.2) is 4.98 Å². The first-order chi connectivity index (χ1) is 10.2. The second kappa shape index (κ2) is 4.84. The molecule has 0 atom stereocenters. The van der Waals surface area contributed by atoms with Crippen molar-refractivity contribution in [3.8, 4) is 5.75 Å². The molecule has 0 radical (unpaired) electrons. The highest BCUT2D eigenvalue weighted by atomic mass is 16.3. The molecule has 110 valence electrons. The van der Waals surface area contributed by atoms with E-state index in [0.717, 1.165) is 32.0 Å². The molecule has 4 rings (SSSR count). The second-order valence-corrected chi connectivity index (χ2v) is 6.16. The highest BCUT2D eigenvalue weighted by molar-refractivity contribution is 5.78. The summed E-state index contributed by atoms with van der Waals surface area (Å²) in [4.78, 5) is 19.5. The smallest absolute Gasteiger partial charge is 0.261 e. The molecule has 0 spiro atoms. The first kappa shape index (κ1) is 12.8. The highest BCUT2D eigenvalue weighted by Gasteiger charge is 2.32. The molecule has 1 N–H and O–H groups in total. The Bertz CT molecular complexity index is 728. The van der Waals surface area contributed by atoms with Gasteiger partial charge in [0.05, 0.1) is 17.2 Å². The number of piperidine rings is 1. The van der Waals surface area contributed by atoms with E-state index in [2.05, 4.69) is 9.88 Å². The average Bonchev–Trinajstić information content (AvgIpc) is 3.32. The van der Waals surface area contributed by atoms with Gasteiger partial charge >= 0.3 is 0 Å². The van der Waals surface area contributed by atoms with Crippen molar-refractivity contribution in [1.29, 1.82) is 0 Å². The molecule has 2 aliphatic rings. The van der Waals surface area contributed by atoms with Gasteiger partial charge in [0.25, 0.3) is 5.56 Å². The zero-order chi connectivity index (χ0) is 14.4. The number of rotatable bonds is 2. The van der Waals surface area contributed by atoms with Crippen LogP contribution in [0.3, 0.4) is 0 Å². The number of aromatic hydroxyl groups is 1. The number of hydrogen-bond donors (Lipinski definition) is 1. The molecular formula is C16H19N3O2. The quantitative estimate of drug-likeness (QED) is 0.915. The van der Waals surface area contributed by atoms with Crippen LogP contribution in [0.1, 0.15) is 31.7 Å². The van der Waals surface area contributed by atoms with E-state index in [4.69, 9.17) is 0 Å². The van der Waals surface area contributed by atoms with E-state index in [1.54, 1.807) is 23.0 Å². The van der Waals surface area contributed by atoms with Crippen molar-refractivity contribution >= 4 is 10.9 Å². The molecule has 2 heterocycles. The molecule has 0 amide bonds. The number of benzene rings is 1. The number of aromatic nitrogens is 2. The van der Waals surface area contributed by atoms with Crippen LogP contribution >= 0.6 is 0 Å². The van der Waals surface area contributed by atoms with Gasteiger partial charge in [-0.1, -0.05) is 0 Å². The monoisotopic (exact) mass is 285 g/mol. The summed E-state index contributed by atoms with van der Waals surface area (Å²) in [5, 5.41) is 10.1. The molecule has 0 unspecified atom stereocenters. The van der Waals surface area contributed by atoms with Crippen LogP contribution in [0.5, 0.6) is 5.75 Å². The maximum absolute atomic E-state index is 12.6. The zero-order valence-corrected chi connectivity index (χ0v) is 11.9. The molecule has 5 nitrogen and oxygen atoms in total. The third-order valence-electron chi connectivity index (χ3n) is 4.72. The summed E-state index contributed by atoms with van der Waals surface area (Å²) in [6.07, 6.45) is 6.35. The van der Waals surface area contributed by atoms with E-state index in [1.807, 2.05) is 0 Å². The Morgan fingerprint density at radius 2 is 1.86 bits per heavy atom. The fourth-order valence-corrected chi connectivity index (χ4v) is 3.35. The molecule has 21 heavy (non-hydrogen) atoms. The van der Waals surface area contributed by atoms with Crippen molar-refractivity contribution < 1.29 is 5.11 Å². The fourth-order valence-electron chi connectivity index (χ4n) is 3.35. The molecule has 1 aromatic carbocycles. The molecule has 0 bridgehead atoms. The molecule has 1 saturated heterocycles. The van der Waals surface area contributed by atoms with Crippen molar-refractivity contribution in [2.24, 2.45) is 0 Å². The standard InChI is InChI=1S/C16H19N3O2/c20-13-3-4-14-15(9-13)17-10-19(16(14)21)12-5-7-18(8-6-12)11-1-2-11/h3-4,9-12,20H,1-2,5-8H2. The summed E-state index contributed by atoms with van der Waals surface area (Å²) in [6.45, 7) is 2.16. The summed E-state index contributed by atoms with van der Waals surface area (Å²) >= 11 is 0. The number of phenolic OH excluding ortho intramolecular Hbond substituents is 1. The van der Waals surface area contributed by atoms with Gasteiger partial charge < -0.3 is 10.0 Å². The Balaban J connectivity index is 1.63. The highest BCUT2D eigenvalue weighted by Crippen LogP contribution is 2.32. The average molecular weight is 285 g/mol. The Kier molecular flexibility index (Phi) is 2.96. The van der Waals surface area contributed by atoms with Crippen molar-refractivity contribution in [2.75, 3.05) is 13.1 Å². The van der Waals surface area contributed by atoms with Gasteiger partial charge in [0, 0.05) is 31.2 Å². The summed E-state index contributed by atoms with van der Waals surface area (Å²) < 4.78 is 1.78. The molecule has 1 aromatic heterocycles. The van der Waals surface area contributed by atoms with Crippen LogP contribution in [0.15, 0.2) is 29.3 Å². The van der Waals surface area contributed by atoms with Gasteiger partial charge in [-0.3, -0.25) is 9.36 Å². The van der Waals surface area contributed by atoms with E-state index in [-0.39, 0.29) is 17.4 Å². The van der Waals surface area contributed by atoms with Crippen LogP contribution in [0.25, 0.3) is 10.9 Å². The summed E-state index contributed by atoms with van der Waals surface area (Å²) in [5.74, 6) is 0.143. The summed E-state index contributed by atoms with van der Waals surface area (Å²) in [6, 6.07) is 5.80. The first-order valence-corrected chi connectivity index (χ1v) is 7.66. The number of phenols is 1. The molecule has 1 saturated carbocycles. The Morgan fingerprint density at radius 1 is 1.10 bits per heavy atom. The van der Waals surface area contributed by atoms with Gasteiger partial charge in [-0.2, -0.15) is 0 Å². The lowest BCUT2D eigenvalue weighted by molar-refractivity contribution is 0.176. The molecule has 1 aliphatic carbocycles. The van der Waals surface area contributed by atoms with Crippen molar-refractivity contribution in [2.45, 2.75) is 37.8 Å². The van der Waals surface area contributed by atoms with E-state index in [1.165, 1.54) is 18.9 Å². The van der Waals surface area contributed by atoms with E-state index < -0.39 is 0 Å². The SMILES string of the molecule is O=c1c2ccc(O)cc2ncn1C1CCN(C2CC2)CC1.